The average molecular weight is 340 g/mol. The third kappa shape index (κ3) is 4.47. The number of thiol groups is 2. The number of nitrogens with two attached hydrogens (primary N) is 1. The zero-order valence-electron chi connectivity index (χ0n) is 11.6. The summed E-state index contributed by atoms with van der Waals surface area (Å²) in [4.78, 5) is 1.30. The van der Waals surface area contributed by atoms with Crippen molar-refractivity contribution < 1.29 is 16.8 Å². The Kier molecular flexibility index (Phi) is 5.40. The van der Waals surface area contributed by atoms with Crippen molar-refractivity contribution in [1.29, 1.82) is 0 Å². The van der Waals surface area contributed by atoms with Gasteiger partial charge in [-0.3, -0.25) is 0 Å². The van der Waals surface area contributed by atoms with Gasteiger partial charge >= 0.3 is 0 Å². The van der Waals surface area contributed by atoms with Gasteiger partial charge in [0.25, 0.3) is 0 Å². The van der Waals surface area contributed by atoms with E-state index >= 15 is 0 Å². The maximum Gasteiger partial charge on any atom is 0.158 e. The molecule has 0 unspecified atom stereocenters. The smallest absolute Gasteiger partial charge is 0.158 e. The van der Waals surface area contributed by atoms with Gasteiger partial charge in [0, 0.05) is 11.4 Å². The maximum atomic E-state index is 10.9. The molecular formula is C14H16N2O4S2. The number of nitrogen functional groups attached to an aromatic ring is 1. The third-order valence-corrected chi connectivity index (χ3v) is 4.19. The summed E-state index contributed by atoms with van der Waals surface area (Å²) in [7, 11) is -5.41. The van der Waals surface area contributed by atoms with Crippen molar-refractivity contribution in [3.8, 4) is 11.1 Å². The Morgan fingerprint density at radius 2 is 1.14 bits per heavy atom. The minimum Gasteiger partial charge on any atom is -0.399 e. The number of anilines is 2. The van der Waals surface area contributed by atoms with E-state index in [1.165, 1.54) is 4.90 Å². The standard InChI is InChI=1S/C14H16N2O4S2/c15-13-5-1-11(2-6-13)12-3-7-14(8-4-12)16(9-21(17)18)10-22(19)20/h1-8,21-22H,9-10,15H2. The number of benzene rings is 2. The number of hydrogen-bond donors (Lipinski definition) is 3. The second-order valence-corrected chi connectivity index (χ2v) is 6.55. The molecule has 118 valence electrons. The van der Waals surface area contributed by atoms with Crippen molar-refractivity contribution in [1.82, 2.24) is 0 Å². The molecule has 0 radical (unpaired) electrons. The van der Waals surface area contributed by atoms with Gasteiger partial charge in [0.2, 0.25) is 0 Å². The summed E-state index contributed by atoms with van der Waals surface area (Å²) in [6.07, 6.45) is 0. The van der Waals surface area contributed by atoms with Crippen molar-refractivity contribution in [3.63, 3.8) is 0 Å². The molecule has 0 fully saturated rings. The van der Waals surface area contributed by atoms with Gasteiger partial charge in [-0.05, 0) is 35.4 Å². The lowest BCUT2D eigenvalue weighted by atomic mass is 10.1. The van der Waals surface area contributed by atoms with Crippen molar-refractivity contribution in [2.45, 2.75) is 0 Å². The monoisotopic (exact) mass is 340 g/mol. The minimum absolute atomic E-state index is 0.333. The topological polar surface area (TPSA) is 97.5 Å². The van der Waals surface area contributed by atoms with Crippen LogP contribution in [-0.2, 0) is 21.4 Å². The van der Waals surface area contributed by atoms with Crippen LogP contribution in [0.25, 0.3) is 11.1 Å². The van der Waals surface area contributed by atoms with Crippen LogP contribution >= 0.6 is 0 Å². The highest BCUT2D eigenvalue weighted by molar-refractivity contribution is 7.73. The first-order chi connectivity index (χ1) is 10.5. The molecule has 0 atom stereocenters. The first kappa shape index (κ1) is 16.3. The molecule has 0 saturated carbocycles. The zero-order chi connectivity index (χ0) is 16.1. The highest BCUT2D eigenvalue weighted by Crippen LogP contribution is 2.24. The van der Waals surface area contributed by atoms with Crippen LogP contribution in [0.3, 0.4) is 0 Å². The van der Waals surface area contributed by atoms with Crippen LogP contribution in [0.1, 0.15) is 0 Å². The number of nitrogens with zero attached hydrogens (tertiary/aromatic N) is 1. The molecule has 0 bridgehead atoms. The summed E-state index contributed by atoms with van der Waals surface area (Å²) in [5.41, 5.74) is 8.75. The third-order valence-electron chi connectivity index (χ3n) is 3.05. The van der Waals surface area contributed by atoms with E-state index in [0.717, 1.165) is 11.1 Å². The van der Waals surface area contributed by atoms with Gasteiger partial charge in [-0.25, -0.2) is 16.8 Å². The summed E-state index contributed by atoms with van der Waals surface area (Å²) in [5, 5.41) is 0. The molecule has 0 heterocycles. The Balaban J connectivity index is 2.26. The van der Waals surface area contributed by atoms with Crippen LogP contribution in [0.2, 0.25) is 0 Å². The first-order valence-electron chi connectivity index (χ1n) is 6.40. The highest BCUT2D eigenvalue weighted by atomic mass is 32.2. The van der Waals surface area contributed by atoms with E-state index in [2.05, 4.69) is 0 Å². The second-order valence-electron chi connectivity index (χ2n) is 4.66. The van der Waals surface area contributed by atoms with E-state index < -0.39 is 21.4 Å². The van der Waals surface area contributed by atoms with Crippen LogP contribution < -0.4 is 10.6 Å². The molecular weight excluding hydrogens is 324 g/mol. The molecule has 0 spiro atoms. The highest BCUT2D eigenvalue weighted by Gasteiger charge is 2.09. The van der Waals surface area contributed by atoms with E-state index in [1.54, 1.807) is 24.3 Å². The lowest BCUT2D eigenvalue weighted by Gasteiger charge is -2.19. The average Bonchev–Trinajstić information content (AvgIpc) is 2.47. The number of hydrogen-bond acceptors (Lipinski definition) is 6. The van der Waals surface area contributed by atoms with E-state index in [0.29, 0.717) is 11.4 Å². The Morgan fingerprint density at radius 1 is 0.727 bits per heavy atom. The van der Waals surface area contributed by atoms with Crippen LogP contribution in [0.5, 0.6) is 0 Å². The molecule has 2 N–H and O–H groups in total. The van der Waals surface area contributed by atoms with E-state index in [9.17, 15) is 16.8 Å². The largest absolute Gasteiger partial charge is 0.399 e. The van der Waals surface area contributed by atoms with E-state index in [1.807, 2.05) is 24.3 Å². The first-order valence-corrected chi connectivity index (χ1v) is 9.13. The fourth-order valence-electron chi connectivity index (χ4n) is 2.03. The molecule has 2 rings (SSSR count). The van der Waals surface area contributed by atoms with Crippen LogP contribution in [-0.4, -0.2) is 28.6 Å². The van der Waals surface area contributed by atoms with Gasteiger partial charge < -0.3 is 10.6 Å². The molecule has 0 aromatic heterocycles. The molecule has 2 aromatic rings. The van der Waals surface area contributed by atoms with Crippen LogP contribution in [0.4, 0.5) is 11.4 Å². The Morgan fingerprint density at radius 3 is 1.55 bits per heavy atom. The van der Waals surface area contributed by atoms with Crippen molar-refractivity contribution in [2.75, 3.05) is 22.4 Å². The van der Waals surface area contributed by atoms with Gasteiger partial charge in [0.15, 0.2) is 21.4 Å². The van der Waals surface area contributed by atoms with Crippen molar-refractivity contribution >= 4 is 32.8 Å². The summed E-state index contributed by atoms with van der Waals surface area (Å²) in [6.45, 7) is 0. The van der Waals surface area contributed by atoms with E-state index in [-0.39, 0.29) is 11.8 Å². The second kappa shape index (κ2) is 7.28. The summed E-state index contributed by atoms with van der Waals surface area (Å²) in [5.74, 6) is -0.667. The summed E-state index contributed by atoms with van der Waals surface area (Å²) < 4.78 is 43.5. The lowest BCUT2D eigenvalue weighted by molar-refractivity contribution is 0.609. The Bertz CT molecular complexity index is 741. The summed E-state index contributed by atoms with van der Waals surface area (Å²) >= 11 is 0. The fourth-order valence-corrected chi connectivity index (χ4v) is 3.27. The Hall–Kier alpha value is -2.06. The van der Waals surface area contributed by atoms with Gasteiger partial charge in [-0.1, -0.05) is 24.3 Å². The molecule has 2 aromatic carbocycles. The Labute approximate surface area is 132 Å². The zero-order valence-corrected chi connectivity index (χ0v) is 13.4. The minimum atomic E-state index is -2.70. The molecule has 0 aliphatic carbocycles. The van der Waals surface area contributed by atoms with Gasteiger partial charge in [0.1, 0.15) is 11.8 Å². The quantitative estimate of drug-likeness (QED) is 0.533. The number of rotatable bonds is 6. The normalized spacial score (nSPS) is 11.0. The van der Waals surface area contributed by atoms with Crippen molar-refractivity contribution in [2.24, 2.45) is 0 Å². The van der Waals surface area contributed by atoms with Gasteiger partial charge in [-0.2, -0.15) is 0 Å². The SMILES string of the molecule is Nc1ccc(-c2ccc(N(C[SH](=O)=O)C[SH](=O)=O)cc2)cc1. The molecule has 22 heavy (non-hydrogen) atoms. The van der Waals surface area contributed by atoms with Crippen molar-refractivity contribution in [3.05, 3.63) is 48.5 Å². The van der Waals surface area contributed by atoms with Crippen LogP contribution in [0.15, 0.2) is 48.5 Å². The van der Waals surface area contributed by atoms with Gasteiger partial charge in [-0.15, -0.1) is 0 Å². The maximum absolute atomic E-state index is 10.9. The lowest BCUT2D eigenvalue weighted by Crippen LogP contribution is -2.27. The fraction of sp³-hybridized carbons (Fsp3) is 0.143. The molecule has 6 nitrogen and oxygen atoms in total. The van der Waals surface area contributed by atoms with Gasteiger partial charge in [0.05, 0.1) is 0 Å². The molecule has 8 heteroatoms. The molecule has 0 amide bonds. The van der Waals surface area contributed by atoms with Crippen LogP contribution in [0, 0.1) is 0 Å². The summed E-state index contributed by atoms with van der Waals surface area (Å²) in [6, 6.07) is 14.4. The molecule has 0 aliphatic heterocycles. The predicted molar refractivity (Wildman–Crippen MR) is 89.1 cm³/mol. The molecule has 0 saturated heterocycles. The molecule has 0 aliphatic rings. The predicted octanol–water partition coefficient (Wildman–Crippen LogP) is 0.880. The van der Waals surface area contributed by atoms with E-state index in [4.69, 9.17) is 5.73 Å².